The number of hydrogen-bond donors (Lipinski definition) is 0. The van der Waals surface area contributed by atoms with Crippen LogP contribution in [0.4, 0.5) is 0 Å². The molecule has 0 fully saturated rings. The monoisotopic (exact) mass is 522 g/mol. The van der Waals surface area contributed by atoms with Crippen LogP contribution in [-0.4, -0.2) is 15.1 Å². The Hall–Kier alpha value is -2.14. The molecule has 108 valence electrons. The molecule has 3 aromatic rings. The van der Waals surface area contributed by atoms with Crippen LogP contribution in [0.3, 0.4) is 0 Å². The quantitative estimate of drug-likeness (QED) is 0.391. The molecule has 1 aromatic carbocycles. The summed E-state index contributed by atoms with van der Waals surface area (Å²) >= 11 is 0. The summed E-state index contributed by atoms with van der Waals surface area (Å²) in [6.07, 6.45) is 6.40. The van der Waals surface area contributed by atoms with E-state index in [2.05, 4.69) is 17.1 Å². The number of pyridine rings is 1. The van der Waals surface area contributed by atoms with Gasteiger partial charge in [-0.1, -0.05) is 42.8 Å². The summed E-state index contributed by atoms with van der Waals surface area (Å²) in [4.78, 5) is 4.36. The van der Waals surface area contributed by atoms with Crippen molar-refractivity contribution in [2.75, 3.05) is 0 Å². The van der Waals surface area contributed by atoms with Crippen LogP contribution in [0, 0.1) is 48.5 Å². The van der Waals surface area contributed by atoms with Gasteiger partial charge in [-0.15, -0.1) is 0 Å². The number of nitriles is 1. The molecule has 0 N–H and O–H groups in total. The van der Waals surface area contributed by atoms with Gasteiger partial charge in [-0.2, -0.15) is 10.8 Å². The van der Waals surface area contributed by atoms with E-state index in [0.29, 0.717) is 22.5 Å². The van der Waals surface area contributed by atoms with Crippen molar-refractivity contribution in [1.29, 1.82) is 5.26 Å². The summed E-state index contributed by atoms with van der Waals surface area (Å²) in [7, 11) is 0. The van der Waals surface area contributed by atoms with E-state index in [4.69, 9.17) is 5.26 Å². The van der Waals surface area contributed by atoms with Crippen LogP contribution in [0.5, 0.6) is 0 Å². The van der Waals surface area contributed by atoms with Crippen molar-refractivity contribution >= 4 is 16.8 Å². The van der Waals surface area contributed by atoms with E-state index in [0.717, 1.165) is 5.52 Å². The minimum absolute atomic E-state index is 0. The first kappa shape index (κ1) is 17.2. The smallest absolute Gasteiger partial charge is 0.872 e. The number of rotatable bonds is 3. The Bertz CT molecular complexity index is 917. The van der Waals surface area contributed by atoms with Gasteiger partial charge in [-0.3, -0.25) is 5.71 Å². The molecule has 0 saturated carbocycles. The van der Waals surface area contributed by atoms with Crippen molar-refractivity contribution < 1.29 is 31.1 Å². The molecule has 0 amide bonds. The molecule has 0 bridgehead atoms. The molecule has 3 rings (SSSR count). The number of hydrogen-bond acceptors (Lipinski definition) is 2. The van der Waals surface area contributed by atoms with E-state index < -0.39 is 0 Å². The fraction of sp³-hybridized carbons (Fsp3) is 0.0556. The third-order valence-corrected chi connectivity index (χ3v) is 3.41. The van der Waals surface area contributed by atoms with E-state index in [1.165, 1.54) is 0 Å². The van der Waals surface area contributed by atoms with Crippen molar-refractivity contribution in [3.8, 4) is 6.07 Å². The van der Waals surface area contributed by atoms with Crippen LogP contribution >= 0.6 is 0 Å². The molecule has 2 aromatic heterocycles. The van der Waals surface area contributed by atoms with Crippen LogP contribution in [0.2, 0.25) is 0 Å². The van der Waals surface area contributed by atoms with E-state index in [1.807, 2.05) is 36.4 Å². The molecular formula is C18H12N4U. The van der Waals surface area contributed by atoms with Gasteiger partial charge in [0.25, 0.3) is 0 Å². The van der Waals surface area contributed by atoms with Crippen LogP contribution in [-0.2, 0) is 0 Å². The zero-order chi connectivity index (χ0) is 15.5. The average molecular weight is 522 g/mol. The third-order valence-electron chi connectivity index (χ3n) is 3.41. The van der Waals surface area contributed by atoms with Gasteiger partial charge in [-0.05, 0) is 12.1 Å². The summed E-state index contributed by atoms with van der Waals surface area (Å²) in [5.74, 6) is 0.552. The maximum atomic E-state index is 10.5. The molecule has 23 heavy (non-hydrogen) atoms. The summed E-state index contributed by atoms with van der Waals surface area (Å²) in [5.41, 5.74) is 2.68. The van der Waals surface area contributed by atoms with Crippen molar-refractivity contribution in [3.05, 3.63) is 83.3 Å². The second-order valence-electron chi connectivity index (χ2n) is 4.75. The van der Waals surface area contributed by atoms with E-state index in [1.54, 1.807) is 29.8 Å². The Morgan fingerprint density at radius 2 is 1.96 bits per heavy atom. The van der Waals surface area contributed by atoms with Gasteiger partial charge in [0.1, 0.15) is 6.07 Å². The van der Waals surface area contributed by atoms with Gasteiger partial charge in [0, 0.05) is 18.2 Å². The molecule has 0 aliphatic heterocycles. The first-order valence-electron chi connectivity index (χ1n) is 6.78. The Morgan fingerprint density at radius 3 is 2.61 bits per heavy atom. The van der Waals surface area contributed by atoms with E-state index >= 15 is 0 Å². The summed E-state index contributed by atoms with van der Waals surface area (Å²) in [6.45, 7) is 1.73. The summed E-state index contributed by atoms with van der Waals surface area (Å²) < 4.78 is 1.78. The molecule has 0 spiro atoms. The molecule has 0 unspecified atom stereocenters. The van der Waals surface area contributed by atoms with Gasteiger partial charge in [0.2, 0.25) is 0 Å². The van der Waals surface area contributed by atoms with Crippen molar-refractivity contribution in [1.82, 2.24) is 9.38 Å². The minimum Gasteiger partial charge on any atom is -0.872 e. The number of fused-ring (bicyclic) bond motifs is 1. The molecule has 5 heteroatoms. The van der Waals surface area contributed by atoms with Crippen LogP contribution in [0.25, 0.3) is 16.5 Å². The van der Waals surface area contributed by atoms with Crippen LogP contribution in [0.15, 0.2) is 54.9 Å². The fourth-order valence-electron chi connectivity index (χ4n) is 2.32. The first-order chi connectivity index (χ1) is 10.7. The largest absolute Gasteiger partial charge is 2.00 e. The topological polar surface area (TPSA) is 63.4 Å². The van der Waals surface area contributed by atoms with E-state index in [-0.39, 0.29) is 36.8 Å². The Balaban J connectivity index is 0.00000192. The van der Waals surface area contributed by atoms with E-state index in [9.17, 15) is 5.41 Å². The standard InChI is InChI=1S/C18H12N4.U/c1-2-16(17(20)14-6-4-3-5-7-14)18-21-11-15-9-8-13(10-19)12-22(15)18;/h3-9,11-12H,1H3;/q-2;+2. The molecule has 0 atom stereocenters. The SMILES string of the molecule is C[C-]=C(C(=[N-])c1ccccc1)c1ncc2ccc(C#N)cn12.[U+2]. The average Bonchev–Trinajstić information content (AvgIpc) is 2.99. The fourth-order valence-corrected chi connectivity index (χ4v) is 2.32. The molecule has 0 radical (unpaired) electrons. The van der Waals surface area contributed by atoms with Gasteiger partial charge < -0.3 is 14.8 Å². The van der Waals surface area contributed by atoms with Crippen molar-refractivity contribution in [2.24, 2.45) is 0 Å². The Kier molecular flexibility index (Phi) is 5.55. The Labute approximate surface area is 158 Å². The van der Waals surface area contributed by atoms with Gasteiger partial charge in [-0.25, -0.2) is 6.08 Å². The zero-order valence-corrected chi connectivity index (χ0v) is 16.6. The number of allylic oxidation sites excluding steroid dienone is 2. The molecule has 0 saturated heterocycles. The molecule has 2 heterocycles. The number of benzene rings is 1. The van der Waals surface area contributed by atoms with Gasteiger partial charge >= 0.3 is 31.1 Å². The predicted molar refractivity (Wildman–Crippen MR) is 86.1 cm³/mol. The Morgan fingerprint density at radius 1 is 1.22 bits per heavy atom. The van der Waals surface area contributed by atoms with Crippen molar-refractivity contribution in [3.63, 3.8) is 0 Å². The molecular weight excluding hydrogens is 510 g/mol. The maximum Gasteiger partial charge on any atom is 2.00 e. The van der Waals surface area contributed by atoms with Crippen molar-refractivity contribution in [2.45, 2.75) is 6.92 Å². The second kappa shape index (κ2) is 7.42. The first-order valence-corrected chi connectivity index (χ1v) is 6.78. The summed E-state index contributed by atoms with van der Waals surface area (Å²) in [5, 5.41) is 19.6. The number of aromatic nitrogens is 2. The number of nitrogens with zero attached hydrogens (tertiary/aromatic N) is 4. The van der Waals surface area contributed by atoms with Crippen LogP contribution < -0.4 is 0 Å². The predicted octanol–water partition coefficient (Wildman–Crippen LogP) is 3.47. The van der Waals surface area contributed by atoms with Crippen LogP contribution in [0.1, 0.15) is 23.9 Å². The second-order valence-corrected chi connectivity index (χ2v) is 4.75. The maximum absolute atomic E-state index is 10.5. The van der Waals surface area contributed by atoms with Gasteiger partial charge in [0.15, 0.2) is 0 Å². The van der Waals surface area contributed by atoms with Gasteiger partial charge in [0.05, 0.1) is 11.1 Å². The minimum atomic E-state index is 0. The molecule has 0 aliphatic carbocycles. The zero-order valence-electron chi connectivity index (χ0n) is 12.5. The summed E-state index contributed by atoms with van der Waals surface area (Å²) in [6, 6.07) is 14.9. The third kappa shape index (κ3) is 3.29. The molecule has 0 aliphatic rings. The number of imidazole rings is 1. The normalized spacial score (nSPS) is 10.9. The molecule has 4 nitrogen and oxygen atoms in total.